The Bertz CT molecular complexity index is 352. The summed E-state index contributed by atoms with van der Waals surface area (Å²) in [5, 5.41) is 11.9. The van der Waals surface area contributed by atoms with Crippen LogP contribution in [0.3, 0.4) is 0 Å². The van der Waals surface area contributed by atoms with E-state index in [1.54, 1.807) is 0 Å². The van der Waals surface area contributed by atoms with E-state index in [2.05, 4.69) is 16.4 Å². The van der Waals surface area contributed by atoms with Crippen molar-refractivity contribution in [1.29, 1.82) is 0 Å². The van der Waals surface area contributed by atoms with Gasteiger partial charge in [-0.3, -0.25) is 0 Å². The van der Waals surface area contributed by atoms with Crippen LogP contribution in [-0.2, 0) is 19.4 Å². The molecule has 4 nitrogen and oxygen atoms in total. The molecule has 4 N–H and O–H groups in total. The van der Waals surface area contributed by atoms with Gasteiger partial charge in [-0.15, -0.1) is 0 Å². The second-order valence-corrected chi connectivity index (χ2v) is 3.81. The van der Waals surface area contributed by atoms with Crippen molar-refractivity contribution in [3.8, 4) is 0 Å². The molecule has 0 aromatic carbocycles. The molecule has 1 aliphatic rings. The fourth-order valence-electron chi connectivity index (χ4n) is 2.00. The number of aromatic nitrogens is 1. The van der Waals surface area contributed by atoms with Crippen molar-refractivity contribution >= 4 is 5.82 Å². The van der Waals surface area contributed by atoms with Gasteiger partial charge in [-0.2, -0.15) is 0 Å². The third kappa shape index (κ3) is 2.11. The zero-order valence-electron chi connectivity index (χ0n) is 8.79. The van der Waals surface area contributed by atoms with Crippen molar-refractivity contribution < 1.29 is 5.11 Å². The van der Waals surface area contributed by atoms with Crippen molar-refractivity contribution in [1.82, 2.24) is 4.98 Å². The number of anilines is 1. The fraction of sp³-hybridized carbons (Fsp3) is 0.545. The molecule has 0 spiro atoms. The van der Waals surface area contributed by atoms with Gasteiger partial charge >= 0.3 is 0 Å². The third-order valence-corrected chi connectivity index (χ3v) is 2.75. The van der Waals surface area contributed by atoms with E-state index in [9.17, 15) is 0 Å². The van der Waals surface area contributed by atoms with Crippen LogP contribution in [0.2, 0.25) is 0 Å². The number of pyridine rings is 1. The maximum Gasteiger partial charge on any atom is 0.130 e. The van der Waals surface area contributed by atoms with Crippen molar-refractivity contribution in [2.45, 2.75) is 25.8 Å². The van der Waals surface area contributed by atoms with Crippen LogP contribution in [0, 0.1) is 0 Å². The molecule has 1 aromatic rings. The van der Waals surface area contributed by atoms with Crippen LogP contribution in [0.5, 0.6) is 0 Å². The molecule has 4 heteroatoms. The molecule has 0 radical (unpaired) electrons. The predicted molar refractivity (Wildman–Crippen MR) is 59.7 cm³/mol. The van der Waals surface area contributed by atoms with E-state index in [0.717, 1.165) is 24.2 Å². The summed E-state index contributed by atoms with van der Waals surface area (Å²) in [6.07, 6.45) is 3.37. The number of rotatable bonds is 4. The molecule has 1 aliphatic carbocycles. The van der Waals surface area contributed by atoms with E-state index >= 15 is 0 Å². The standard InChI is InChI=1S/C11H17N3O/c12-7-9-6-8-2-1-3-10(8)14-11(9)13-4-5-15/h6,15H,1-5,7,12H2,(H,13,14). The van der Waals surface area contributed by atoms with E-state index in [0.29, 0.717) is 13.1 Å². The van der Waals surface area contributed by atoms with Crippen molar-refractivity contribution in [2.24, 2.45) is 5.73 Å². The Labute approximate surface area is 89.5 Å². The number of aliphatic hydroxyl groups is 1. The monoisotopic (exact) mass is 207 g/mol. The largest absolute Gasteiger partial charge is 0.395 e. The molecule has 15 heavy (non-hydrogen) atoms. The predicted octanol–water partition coefficient (Wildman–Crippen LogP) is 0.433. The van der Waals surface area contributed by atoms with Crippen LogP contribution < -0.4 is 11.1 Å². The second-order valence-electron chi connectivity index (χ2n) is 3.81. The van der Waals surface area contributed by atoms with Gasteiger partial charge in [0, 0.05) is 24.3 Å². The highest BCUT2D eigenvalue weighted by Crippen LogP contribution is 2.24. The van der Waals surface area contributed by atoms with Crippen LogP contribution >= 0.6 is 0 Å². The minimum absolute atomic E-state index is 0.114. The summed E-state index contributed by atoms with van der Waals surface area (Å²) in [6.45, 7) is 1.13. The van der Waals surface area contributed by atoms with Crippen molar-refractivity contribution in [3.63, 3.8) is 0 Å². The van der Waals surface area contributed by atoms with E-state index in [4.69, 9.17) is 10.8 Å². The number of nitrogens with two attached hydrogens (primary N) is 1. The van der Waals surface area contributed by atoms with Crippen molar-refractivity contribution in [3.05, 3.63) is 22.9 Å². The SMILES string of the molecule is NCc1cc2c(nc1NCCO)CCC2. The first-order valence-electron chi connectivity index (χ1n) is 5.41. The minimum Gasteiger partial charge on any atom is -0.395 e. The molecule has 0 atom stereocenters. The zero-order valence-corrected chi connectivity index (χ0v) is 8.79. The third-order valence-electron chi connectivity index (χ3n) is 2.75. The van der Waals surface area contributed by atoms with Gasteiger partial charge in [-0.05, 0) is 30.9 Å². The Morgan fingerprint density at radius 2 is 2.33 bits per heavy atom. The van der Waals surface area contributed by atoms with Gasteiger partial charge in [0.1, 0.15) is 5.82 Å². The molecule has 82 valence electrons. The Morgan fingerprint density at radius 1 is 1.47 bits per heavy atom. The summed E-state index contributed by atoms with van der Waals surface area (Å²) in [6, 6.07) is 2.15. The van der Waals surface area contributed by atoms with Crippen molar-refractivity contribution in [2.75, 3.05) is 18.5 Å². The summed E-state index contributed by atoms with van der Waals surface area (Å²) < 4.78 is 0. The van der Waals surface area contributed by atoms with E-state index < -0.39 is 0 Å². The molecule has 0 unspecified atom stereocenters. The van der Waals surface area contributed by atoms with Gasteiger partial charge < -0.3 is 16.2 Å². The quantitative estimate of drug-likeness (QED) is 0.669. The average molecular weight is 207 g/mol. The second kappa shape index (κ2) is 4.59. The molecule has 0 saturated carbocycles. The maximum atomic E-state index is 8.76. The van der Waals surface area contributed by atoms with Crippen LogP contribution in [0.15, 0.2) is 6.07 Å². The lowest BCUT2D eigenvalue weighted by molar-refractivity contribution is 0.311. The first-order valence-corrected chi connectivity index (χ1v) is 5.41. The van der Waals surface area contributed by atoms with Gasteiger partial charge in [0.2, 0.25) is 0 Å². The molecule has 0 amide bonds. The number of nitrogens with one attached hydrogen (secondary N) is 1. The molecule has 0 aliphatic heterocycles. The normalized spacial score (nSPS) is 14.0. The Hall–Kier alpha value is -1.13. The first kappa shape index (κ1) is 10.4. The highest BCUT2D eigenvalue weighted by atomic mass is 16.3. The van der Waals surface area contributed by atoms with E-state index in [1.165, 1.54) is 17.7 Å². The van der Waals surface area contributed by atoms with Crippen LogP contribution in [-0.4, -0.2) is 23.2 Å². The maximum absolute atomic E-state index is 8.76. The lowest BCUT2D eigenvalue weighted by atomic mass is 10.1. The number of fused-ring (bicyclic) bond motifs is 1. The van der Waals surface area contributed by atoms with E-state index in [-0.39, 0.29) is 6.61 Å². The topological polar surface area (TPSA) is 71.2 Å². The first-order chi connectivity index (χ1) is 7.35. The summed E-state index contributed by atoms with van der Waals surface area (Å²) >= 11 is 0. The fourth-order valence-corrected chi connectivity index (χ4v) is 2.00. The van der Waals surface area contributed by atoms with Gasteiger partial charge in [0.15, 0.2) is 0 Å². The highest BCUT2D eigenvalue weighted by Gasteiger charge is 2.15. The zero-order chi connectivity index (χ0) is 10.7. The Kier molecular flexibility index (Phi) is 3.18. The van der Waals surface area contributed by atoms with Gasteiger partial charge in [0.25, 0.3) is 0 Å². The van der Waals surface area contributed by atoms with Gasteiger partial charge in [-0.25, -0.2) is 4.98 Å². The van der Waals surface area contributed by atoms with Crippen LogP contribution in [0.25, 0.3) is 0 Å². The molecule has 0 saturated heterocycles. The number of aliphatic hydroxyl groups excluding tert-OH is 1. The van der Waals surface area contributed by atoms with Crippen LogP contribution in [0.4, 0.5) is 5.82 Å². The summed E-state index contributed by atoms with van der Waals surface area (Å²) in [5.74, 6) is 0.840. The average Bonchev–Trinajstić information content (AvgIpc) is 2.71. The molecule has 0 bridgehead atoms. The molecular weight excluding hydrogens is 190 g/mol. The number of hydrogen-bond acceptors (Lipinski definition) is 4. The summed E-state index contributed by atoms with van der Waals surface area (Å²) in [5.41, 5.74) is 9.24. The van der Waals surface area contributed by atoms with E-state index in [1.807, 2.05) is 0 Å². The molecule has 0 fully saturated rings. The summed E-state index contributed by atoms with van der Waals surface area (Å²) in [7, 11) is 0. The van der Waals surface area contributed by atoms with Gasteiger partial charge in [-0.1, -0.05) is 0 Å². The molecule has 2 rings (SSSR count). The molecule has 1 aromatic heterocycles. The lowest BCUT2D eigenvalue weighted by Gasteiger charge is -2.11. The van der Waals surface area contributed by atoms with Crippen LogP contribution in [0.1, 0.15) is 23.2 Å². The smallest absolute Gasteiger partial charge is 0.130 e. The highest BCUT2D eigenvalue weighted by molar-refractivity contribution is 5.48. The molecular formula is C11H17N3O. The summed E-state index contributed by atoms with van der Waals surface area (Å²) in [4.78, 5) is 4.56. The number of hydrogen-bond donors (Lipinski definition) is 3. The Morgan fingerprint density at radius 3 is 3.07 bits per heavy atom. The minimum atomic E-state index is 0.114. The lowest BCUT2D eigenvalue weighted by Crippen LogP contribution is -2.12. The number of nitrogens with zero attached hydrogens (tertiary/aromatic N) is 1. The number of aryl methyl sites for hydroxylation is 2. The van der Waals surface area contributed by atoms with Gasteiger partial charge in [0.05, 0.1) is 6.61 Å². The molecule has 1 heterocycles. The Balaban J connectivity index is 2.27.